The molecule has 0 radical (unpaired) electrons. The van der Waals surface area contributed by atoms with Crippen LogP contribution in [-0.4, -0.2) is 70.8 Å². The molecule has 3 atom stereocenters. The molecule has 4 rings (SSSR count). The lowest BCUT2D eigenvalue weighted by Gasteiger charge is -2.23. The van der Waals surface area contributed by atoms with Gasteiger partial charge in [-0.15, -0.1) is 0 Å². The Bertz CT molecular complexity index is 1450. The Hall–Kier alpha value is -3.64. The van der Waals surface area contributed by atoms with Gasteiger partial charge in [0.1, 0.15) is 18.3 Å². The number of aromatic nitrogens is 4. The number of carbonyl (C=O) groups is 1. The number of fused-ring (bicyclic) bond motifs is 2. The smallest absolute Gasteiger partial charge is 0.282 e. The first-order valence-corrected chi connectivity index (χ1v) is 11.1. The minimum atomic E-state index is -1.70. The fraction of sp³-hybridized carbons (Fsp3) is 0.333. The molecule has 2 aromatic heterocycles. The zero-order chi connectivity index (χ0) is 25.3. The number of rotatable bonds is 8. The van der Waals surface area contributed by atoms with E-state index in [4.69, 9.17) is 5.11 Å². The molecule has 0 saturated carbocycles. The van der Waals surface area contributed by atoms with E-state index in [-0.39, 0.29) is 12.2 Å². The first-order valence-electron chi connectivity index (χ1n) is 11.1. The Morgan fingerprint density at radius 2 is 1.83 bits per heavy atom. The Balaban J connectivity index is 1.68. The van der Waals surface area contributed by atoms with Gasteiger partial charge >= 0.3 is 0 Å². The van der Waals surface area contributed by atoms with E-state index in [1.807, 2.05) is 32.0 Å². The van der Waals surface area contributed by atoms with Crippen molar-refractivity contribution < 1.29 is 25.2 Å². The number of nitrogens with one attached hydrogen (secondary N) is 2. The monoisotopic (exact) mass is 481 g/mol. The van der Waals surface area contributed by atoms with E-state index in [0.717, 1.165) is 32.3 Å². The molecule has 184 valence electrons. The molecule has 1 amide bonds. The molecule has 35 heavy (non-hydrogen) atoms. The lowest BCUT2D eigenvalue weighted by molar-refractivity contribution is -0.0805. The molecule has 0 bridgehead atoms. The molecule has 2 aromatic carbocycles. The van der Waals surface area contributed by atoms with Crippen LogP contribution >= 0.6 is 0 Å². The van der Waals surface area contributed by atoms with Crippen LogP contribution in [0.2, 0.25) is 0 Å². The van der Waals surface area contributed by atoms with E-state index in [0.29, 0.717) is 11.0 Å². The molecule has 0 fully saturated rings. The summed E-state index contributed by atoms with van der Waals surface area (Å²) < 4.78 is 1.15. The van der Waals surface area contributed by atoms with E-state index in [9.17, 15) is 24.9 Å². The van der Waals surface area contributed by atoms with Crippen molar-refractivity contribution in [3.63, 3.8) is 0 Å². The van der Waals surface area contributed by atoms with Crippen LogP contribution < -0.4 is 10.9 Å². The van der Waals surface area contributed by atoms with Crippen LogP contribution in [0.15, 0.2) is 41.5 Å². The average molecular weight is 482 g/mol. The minimum absolute atomic E-state index is 0.143. The van der Waals surface area contributed by atoms with Gasteiger partial charge in [-0.1, -0.05) is 6.07 Å². The summed E-state index contributed by atoms with van der Waals surface area (Å²) in [7, 11) is 0. The van der Waals surface area contributed by atoms with Gasteiger partial charge in [0, 0.05) is 6.54 Å². The Labute approximate surface area is 199 Å². The normalized spacial score (nSPS) is 14.2. The zero-order valence-electron chi connectivity index (χ0n) is 19.3. The van der Waals surface area contributed by atoms with E-state index < -0.39 is 42.9 Å². The first kappa shape index (κ1) is 24.5. The molecule has 3 unspecified atom stereocenters. The minimum Gasteiger partial charge on any atom is -0.394 e. The lowest BCUT2D eigenvalue weighted by Crippen LogP contribution is -2.44. The van der Waals surface area contributed by atoms with Gasteiger partial charge < -0.3 is 35.3 Å². The number of aliphatic hydroxyl groups excluding tert-OH is 4. The number of hydrogen-bond donors (Lipinski definition) is 6. The molecule has 11 nitrogen and oxygen atoms in total. The van der Waals surface area contributed by atoms with Crippen molar-refractivity contribution in [1.82, 2.24) is 24.8 Å². The summed E-state index contributed by atoms with van der Waals surface area (Å²) in [5.41, 5.74) is 3.75. The van der Waals surface area contributed by atoms with Crippen LogP contribution in [0.5, 0.6) is 0 Å². The fourth-order valence-corrected chi connectivity index (χ4v) is 3.84. The second-order valence-electron chi connectivity index (χ2n) is 8.55. The van der Waals surface area contributed by atoms with Gasteiger partial charge in [-0.25, -0.2) is 9.97 Å². The molecule has 0 spiro atoms. The highest BCUT2D eigenvalue weighted by Crippen LogP contribution is 2.18. The van der Waals surface area contributed by atoms with Crippen molar-refractivity contribution in [3.8, 4) is 0 Å². The average Bonchev–Trinajstić information content (AvgIpc) is 3.32. The molecule has 4 aromatic rings. The van der Waals surface area contributed by atoms with Crippen LogP contribution in [0.1, 0.15) is 27.2 Å². The number of nitrogens with zero attached hydrogens (tertiary/aromatic N) is 3. The summed E-state index contributed by atoms with van der Waals surface area (Å²) in [5, 5.41) is 42.0. The van der Waals surface area contributed by atoms with Gasteiger partial charge in [0.15, 0.2) is 5.69 Å². The molecular formula is C24H27N5O6. The fourth-order valence-electron chi connectivity index (χ4n) is 3.84. The Kier molecular flexibility index (Phi) is 6.94. The molecule has 11 heteroatoms. The number of aliphatic hydroxyl groups is 4. The zero-order valence-corrected chi connectivity index (χ0v) is 19.3. The van der Waals surface area contributed by atoms with E-state index >= 15 is 0 Å². The molecular weight excluding hydrogens is 454 g/mol. The third kappa shape index (κ3) is 4.93. The highest BCUT2D eigenvalue weighted by atomic mass is 16.4. The predicted octanol–water partition coefficient (Wildman–Crippen LogP) is -0.105. The predicted molar refractivity (Wildman–Crippen MR) is 128 cm³/mol. The maximum atomic E-state index is 13.3. The molecule has 2 heterocycles. The number of H-pyrrole nitrogens is 1. The highest BCUT2D eigenvalue weighted by Gasteiger charge is 2.27. The van der Waals surface area contributed by atoms with Crippen molar-refractivity contribution in [2.45, 2.75) is 45.2 Å². The van der Waals surface area contributed by atoms with Crippen LogP contribution in [0.4, 0.5) is 0 Å². The first-order chi connectivity index (χ1) is 16.7. The number of aromatic amines is 1. The molecule has 0 saturated heterocycles. The van der Waals surface area contributed by atoms with Crippen molar-refractivity contribution in [3.05, 3.63) is 69.4 Å². The topological polar surface area (TPSA) is 174 Å². The number of carbonyl (C=O) groups excluding carboxylic acids is 1. The van der Waals surface area contributed by atoms with Gasteiger partial charge in [0.2, 0.25) is 0 Å². The number of hydrogen-bond acceptors (Lipinski definition) is 8. The van der Waals surface area contributed by atoms with Crippen LogP contribution in [0.25, 0.3) is 22.1 Å². The van der Waals surface area contributed by atoms with E-state index in [1.54, 1.807) is 18.5 Å². The van der Waals surface area contributed by atoms with Crippen molar-refractivity contribution in [2.75, 3.05) is 6.61 Å². The second kappa shape index (κ2) is 9.92. The van der Waals surface area contributed by atoms with Crippen molar-refractivity contribution >= 4 is 28.0 Å². The Morgan fingerprint density at radius 3 is 2.57 bits per heavy atom. The number of imidazole rings is 1. The molecule has 0 aliphatic heterocycles. The molecule has 0 aliphatic rings. The summed E-state index contributed by atoms with van der Waals surface area (Å²) in [6.45, 7) is 2.68. The van der Waals surface area contributed by atoms with Gasteiger partial charge in [0.25, 0.3) is 11.5 Å². The van der Waals surface area contributed by atoms with E-state index in [2.05, 4.69) is 20.3 Å². The van der Waals surface area contributed by atoms with Gasteiger partial charge in [-0.3, -0.25) is 9.59 Å². The summed E-state index contributed by atoms with van der Waals surface area (Å²) >= 11 is 0. The summed E-state index contributed by atoms with van der Waals surface area (Å²) in [6.07, 6.45) is -3.30. The van der Waals surface area contributed by atoms with Gasteiger partial charge in [0.05, 0.1) is 41.5 Å². The number of amides is 1. The summed E-state index contributed by atoms with van der Waals surface area (Å²) in [4.78, 5) is 37.7. The van der Waals surface area contributed by atoms with Crippen LogP contribution in [-0.2, 0) is 13.1 Å². The molecule has 6 N–H and O–H groups in total. The SMILES string of the molecule is Cc1cc2nc(C(=O)NCc3ccc4nc[nH]c4c3)c(=O)n(CC(O)C(O)C(O)CO)c2cc1C. The standard InChI is InChI=1S/C24H27N5O6/c1-12-5-17-18(6-13(12)2)29(9-19(31)22(33)20(32)10-30)24(35)21(28-17)23(34)25-8-14-3-4-15-16(7-14)27-11-26-15/h3-7,11,19-20,22,30-33H,8-10H2,1-2H3,(H,25,34)(H,26,27). The van der Waals surface area contributed by atoms with Crippen molar-refractivity contribution in [1.29, 1.82) is 0 Å². The largest absolute Gasteiger partial charge is 0.394 e. The van der Waals surface area contributed by atoms with E-state index in [1.165, 1.54) is 0 Å². The van der Waals surface area contributed by atoms with Crippen LogP contribution in [0, 0.1) is 13.8 Å². The van der Waals surface area contributed by atoms with Gasteiger partial charge in [-0.2, -0.15) is 0 Å². The third-order valence-electron chi connectivity index (χ3n) is 6.06. The maximum Gasteiger partial charge on any atom is 0.282 e. The van der Waals surface area contributed by atoms with Gasteiger partial charge in [-0.05, 0) is 54.8 Å². The number of aryl methyl sites for hydroxylation is 2. The summed E-state index contributed by atoms with van der Waals surface area (Å²) in [5.74, 6) is -0.695. The summed E-state index contributed by atoms with van der Waals surface area (Å²) in [6, 6.07) is 8.90. The Morgan fingerprint density at radius 1 is 1.09 bits per heavy atom. The maximum absolute atomic E-state index is 13.3. The molecule has 0 aliphatic carbocycles. The second-order valence-corrected chi connectivity index (χ2v) is 8.55. The quantitative estimate of drug-likeness (QED) is 0.202. The highest BCUT2D eigenvalue weighted by molar-refractivity contribution is 5.94. The van der Waals surface area contributed by atoms with Crippen molar-refractivity contribution in [2.24, 2.45) is 0 Å². The number of benzene rings is 2. The third-order valence-corrected chi connectivity index (χ3v) is 6.06. The lowest BCUT2D eigenvalue weighted by atomic mass is 10.1. The van der Waals surface area contributed by atoms with Crippen LogP contribution in [0.3, 0.4) is 0 Å².